The first-order chi connectivity index (χ1) is 3.55. The normalized spacial score (nSPS) is 8.25. The summed E-state index contributed by atoms with van der Waals surface area (Å²) in [5, 5.41) is 0. The van der Waals surface area contributed by atoms with Crippen molar-refractivity contribution in [2.24, 2.45) is 0 Å². The van der Waals surface area contributed by atoms with Gasteiger partial charge in [-0.3, -0.25) is 9.59 Å². The van der Waals surface area contributed by atoms with Gasteiger partial charge in [0.25, 0.3) is 0 Å². The number of carbonyl (C=O) groups is 2. The van der Waals surface area contributed by atoms with E-state index in [1.807, 2.05) is 0 Å². The van der Waals surface area contributed by atoms with Crippen molar-refractivity contribution >= 4 is 19.8 Å². The van der Waals surface area contributed by atoms with Crippen molar-refractivity contribution in [2.75, 3.05) is 0 Å². The van der Waals surface area contributed by atoms with E-state index in [2.05, 4.69) is 0 Å². The highest BCUT2D eigenvalue weighted by atomic mass is 16.2. The minimum atomic E-state index is -0.225. The van der Waals surface area contributed by atoms with E-state index in [1.165, 1.54) is 21.8 Å². The number of imide groups is 1. The Balaban J connectivity index is 3.83. The Hall–Kier alpha value is -0.795. The van der Waals surface area contributed by atoms with Gasteiger partial charge in [0.15, 0.2) is 0 Å². The maximum atomic E-state index is 10.3. The quantitative estimate of drug-likeness (QED) is 0.375. The summed E-state index contributed by atoms with van der Waals surface area (Å²) in [5.41, 5.74) is 0. The van der Waals surface area contributed by atoms with Crippen LogP contribution in [0.3, 0.4) is 0 Å². The van der Waals surface area contributed by atoms with Crippen LogP contribution >= 0.6 is 0 Å². The molecule has 0 atom stereocenters. The molecule has 0 bridgehead atoms. The molecule has 0 unspecified atom stereocenters. The summed E-state index contributed by atoms with van der Waals surface area (Å²) < 4.78 is 0. The highest BCUT2D eigenvalue weighted by molar-refractivity contribution is 6.23. The van der Waals surface area contributed by atoms with Gasteiger partial charge in [-0.05, 0) is 0 Å². The van der Waals surface area contributed by atoms with E-state index >= 15 is 0 Å². The third-order valence-electron chi connectivity index (χ3n) is 0.945. The van der Waals surface area contributed by atoms with Crippen molar-refractivity contribution < 1.29 is 9.59 Å². The van der Waals surface area contributed by atoms with Gasteiger partial charge in [0.2, 0.25) is 19.8 Å². The minimum absolute atomic E-state index is 0.225. The maximum Gasteiger partial charge on any atom is 0.231 e. The molecular formula is C4H8BNO2. The molecule has 0 aliphatic carbocycles. The van der Waals surface area contributed by atoms with Gasteiger partial charge in [0.1, 0.15) is 0 Å². The maximum absolute atomic E-state index is 10.3. The largest absolute Gasteiger partial charge is 0.337 e. The number of hydrogen-bond donors (Lipinski definition) is 0. The van der Waals surface area contributed by atoms with E-state index in [0.717, 1.165) is 4.81 Å². The number of hydrogen-bond acceptors (Lipinski definition) is 2. The monoisotopic (exact) mass is 113 g/mol. The van der Waals surface area contributed by atoms with Crippen molar-refractivity contribution in [3.63, 3.8) is 0 Å². The van der Waals surface area contributed by atoms with Crippen LogP contribution in [0.25, 0.3) is 0 Å². The second kappa shape index (κ2) is 2.50. The third-order valence-corrected chi connectivity index (χ3v) is 0.945. The molecule has 0 rings (SSSR count). The van der Waals surface area contributed by atoms with Gasteiger partial charge < -0.3 is 4.81 Å². The van der Waals surface area contributed by atoms with E-state index < -0.39 is 0 Å². The van der Waals surface area contributed by atoms with Crippen molar-refractivity contribution in [1.82, 2.24) is 4.81 Å². The molecule has 0 aliphatic heterocycles. The summed E-state index contributed by atoms with van der Waals surface area (Å²) >= 11 is 0. The summed E-state index contributed by atoms with van der Waals surface area (Å²) in [7, 11) is 1.45. The van der Waals surface area contributed by atoms with Crippen LogP contribution in [-0.4, -0.2) is 24.6 Å². The fourth-order valence-corrected chi connectivity index (χ4v) is 0.222. The molecule has 0 heterocycles. The number of amides is 2. The molecule has 0 fully saturated rings. The summed E-state index contributed by atoms with van der Waals surface area (Å²) in [4.78, 5) is 21.6. The molecule has 0 saturated carbocycles. The smallest absolute Gasteiger partial charge is 0.231 e. The Morgan fingerprint density at radius 2 is 1.50 bits per heavy atom. The molecule has 0 radical (unpaired) electrons. The zero-order valence-corrected chi connectivity index (χ0v) is 5.26. The van der Waals surface area contributed by atoms with Gasteiger partial charge in [-0.15, -0.1) is 0 Å². The van der Waals surface area contributed by atoms with E-state index in [4.69, 9.17) is 0 Å². The lowest BCUT2D eigenvalue weighted by atomic mass is 10.3. The average molecular weight is 113 g/mol. The lowest BCUT2D eigenvalue weighted by Gasteiger charge is -2.07. The van der Waals surface area contributed by atoms with E-state index in [0.29, 0.717) is 0 Å². The van der Waals surface area contributed by atoms with Crippen LogP contribution in [0.1, 0.15) is 13.8 Å². The first-order valence-electron chi connectivity index (χ1n) is 2.30. The number of carbonyl (C=O) groups excluding carboxylic acids is 2. The Morgan fingerprint density at radius 1 is 1.25 bits per heavy atom. The van der Waals surface area contributed by atoms with Gasteiger partial charge in [0, 0.05) is 13.8 Å². The average Bonchev–Trinajstić information content (AvgIpc) is 1.64. The SMILES string of the molecule is BN(C(C)=O)C(C)=O. The van der Waals surface area contributed by atoms with Crippen LogP contribution < -0.4 is 0 Å². The lowest BCUT2D eigenvalue weighted by Crippen LogP contribution is -2.29. The van der Waals surface area contributed by atoms with Crippen molar-refractivity contribution in [3.8, 4) is 0 Å². The minimum Gasteiger partial charge on any atom is -0.337 e. The highest BCUT2D eigenvalue weighted by Gasteiger charge is 2.03. The molecule has 0 aromatic rings. The molecule has 0 aromatic heterocycles. The third kappa shape index (κ3) is 1.77. The summed E-state index contributed by atoms with van der Waals surface area (Å²) in [6.07, 6.45) is 0. The van der Waals surface area contributed by atoms with Crippen molar-refractivity contribution in [1.29, 1.82) is 0 Å². The summed E-state index contributed by atoms with van der Waals surface area (Å²) in [6, 6.07) is 0. The first kappa shape index (κ1) is 7.20. The topological polar surface area (TPSA) is 37.4 Å². The second-order valence-corrected chi connectivity index (χ2v) is 1.60. The zero-order chi connectivity index (χ0) is 6.73. The fraction of sp³-hybridized carbons (Fsp3) is 0.500. The Bertz CT molecular complexity index is 109. The molecule has 4 heteroatoms. The summed E-state index contributed by atoms with van der Waals surface area (Å²) in [5.74, 6) is -0.449. The molecule has 0 spiro atoms. The Kier molecular flexibility index (Phi) is 2.25. The molecule has 2 amide bonds. The van der Waals surface area contributed by atoms with Crippen LogP contribution in [0.4, 0.5) is 0 Å². The fourth-order valence-electron chi connectivity index (χ4n) is 0.222. The lowest BCUT2D eigenvalue weighted by molar-refractivity contribution is -0.135. The van der Waals surface area contributed by atoms with Crippen LogP contribution in [0, 0.1) is 0 Å². The highest BCUT2D eigenvalue weighted by Crippen LogP contribution is 1.80. The Morgan fingerprint density at radius 3 is 1.50 bits per heavy atom. The number of rotatable bonds is 0. The molecule has 0 saturated heterocycles. The Labute approximate surface area is 49.1 Å². The zero-order valence-electron chi connectivity index (χ0n) is 5.26. The number of nitrogens with zero attached hydrogens (tertiary/aromatic N) is 1. The molecule has 44 valence electrons. The van der Waals surface area contributed by atoms with E-state index in [1.54, 1.807) is 0 Å². The molecule has 0 N–H and O–H groups in total. The first-order valence-corrected chi connectivity index (χ1v) is 2.30. The molecule has 0 aliphatic rings. The predicted octanol–water partition coefficient (Wildman–Crippen LogP) is -1.07. The molecular weight excluding hydrogens is 105 g/mol. The van der Waals surface area contributed by atoms with E-state index in [9.17, 15) is 9.59 Å². The van der Waals surface area contributed by atoms with Crippen LogP contribution in [0.5, 0.6) is 0 Å². The molecule has 3 nitrogen and oxygen atoms in total. The van der Waals surface area contributed by atoms with Crippen LogP contribution in [-0.2, 0) is 9.59 Å². The van der Waals surface area contributed by atoms with Gasteiger partial charge in [-0.2, -0.15) is 0 Å². The van der Waals surface area contributed by atoms with Gasteiger partial charge in [-0.25, -0.2) is 0 Å². The molecule has 8 heavy (non-hydrogen) atoms. The predicted molar refractivity (Wildman–Crippen MR) is 31.7 cm³/mol. The van der Waals surface area contributed by atoms with Crippen molar-refractivity contribution in [3.05, 3.63) is 0 Å². The standard InChI is InChI=1S/C4H8BNO2/c1-3(7)6(5)4(2)8/h5H2,1-2H3. The van der Waals surface area contributed by atoms with Crippen LogP contribution in [0.2, 0.25) is 0 Å². The van der Waals surface area contributed by atoms with Gasteiger partial charge >= 0.3 is 0 Å². The van der Waals surface area contributed by atoms with Gasteiger partial charge in [0.05, 0.1) is 0 Å². The molecule has 0 aromatic carbocycles. The van der Waals surface area contributed by atoms with Gasteiger partial charge in [-0.1, -0.05) is 0 Å². The van der Waals surface area contributed by atoms with Crippen LogP contribution in [0.15, 0.2) is 0 Å². The second-order valence-electron chi connectivity index (χ2n) is 1.60. The van der Waals surface area contributed by atoms with E-state index in [-0.39, 0.29) is 11.8 Å². The summed E-state index contributed by atoms with van der Waals surface area (Å²) in [6.45, 7) is 2.70. The van der Waals surface area contributed by atoms with Crippen molar-refractivity contribution in [2.45, 2.75) is 13.8 Å².